The molecule has 0 amide bonds. The van der Waals surface area contributed by atoms with Crippen LogP contribution in [-0.4, -0.2) is 38.8 Å². The lowest BCUT2D eigenvalue weighted by molar-refractivity contribution is 0.101. The average molecular weight is 285 g/mol. The molecular formula is C13H16FNO3S. The Morgan fingerprint density at radius 2 is 1.84 bits per heavy atom. The topological polar surface area (TPSA) is 54.5 Å². The minimum atomic E-state index is -2.98. The zero-order valence-corrected chi connectivity index (χ0v) is 11.8. The third-order valence-electron chi connectivity index (χ3n) is 3.34. The standard InChI is InChI=1S/C13H16FNO3S/c1-9-7-13(11(10(2)16)8-12(9)14)15-3-5-19(17,18)6-4-15/h7-8H,3-6H2,1-2H3. The second-order valence-corrected chi connectivity index (χ2v) is 7.12. The van der Waals surface area contributed by atoms with Crippen molar-refractivity contribution in [1.82, 2.24) is 0 Å². The normalized spacial score (nSPS) is 18.4. The Bertz CT molecular complexity index is 611. The van der Waals surface area contributed by atoms with Gasteiger partial charge in [0.15, 0.2) is 15.6 Å². The van der Waals surface area contributed by atoms with E-state index in [1.165, 1.54) is 13.0 Å². The van der Waals surface area contributed by atoms with Gasteiger partial charge in [-0.15, -0.1) is 0 Å². The number of carbonyl (C=O) groups is 1. The van der Waals surface area contributed by atoms with Crippen LogP contribution in [0.4, 0.5) is 10.1 Å². The van der Waals surface area contributed by atoms with E-state index in [9.17, 15) is 17.6 Å². The first-order valence-electron chi connectivity index (χ1n) is 6.06. The molecule has 0 aliphatic carbocycles. The smallest absolute Gasteiger partial charge is 0.161 e. The van der Waals surface area contributed by atoms with E-state index in [1.54, 1.807) is 13.0 Å². The van der Waals surface area contributed by atoms with E-state index in [-0.39, 0.29) is 17.3 Å². The van der Waals surface area contributed by atoms with E-state index in [1.807, 2.05) is 4.90 Å². The first-order valence-corrected chi connectivity index (χ1v) is 7.89. The molecule has 1 aliphatic rings. The zero-order valence-electron chi connectivity index (χ0n) is 10.9. The third kappa shape index (κ3) is 2.94. The first kappa shape index (κ1) is 14.0. The van der Waals surface area contributed by atoms with Gasteiger partial charge in [0.25, 0.3) is 0 Å². The van der Waals surface area contributed by atoms with Crippen molar-refractivity contribution >= 4 is 21.3 Å². The molecule has 1 heterocycles. The highest BCUT2D eigenvalue weighted by molar-refractivity contribution is 7.91. The lowest BCUT2D eigenvalue weighted by Gasteiger charge is -2.30. The zero-order chi connectivity index (χ0) is 14.2. The molecule has 19 heavy (non-hydrogen) atoms. The van der Waals surface area contributed by atoms with Crippen molar-refractivity contribution in [1.29, 1.82) is 0 Å². The molecule has 6 heteroatoms. The molecular weight excluding hydrogens is 269 g/mol. The van der Waals surface area contributed by atoms with Crippen LogP contribution in [0.1, 0.15) is 22.8 Å². The summed E-state index contributed by atoms with van der Waals surface area (Å²) in [6.45, 7) is 3.69. The van der Waals surface area contributed by atoms with Crippen LogP contribution >= 0.6 is 0 Å². The van der Waals surface area contributed by atoms with Gasteiger partial charge in [0.1, 0.15) is 5.82 Å². The molecule has 4 nitrogen and oxygen atoms in total. The fourth-order valence-electron chi connectivity index (χ4n) is 2.16. The van der Waals surface area contributed by atoms with Gasteiger partial charge in [-0.2, -0.15) is 0 Å². The summed E-state index contributed by atoms with van der Waals surface area (Å²) in [6.07, 6.45) is 0. The molecule has 0 unspecified atom stereocenters. The highest BCUT2D eigenvalue weighted by Gasteiger charge is 2.24. The molecule has 104 valence electrons. The van der Waals surface area contributed by atoms with Crippen molar-refractivity contribution in [3.63, 3.8) is 0 Å². The summed E-state index contributed by atoms with van der Waals surface area (Å²) in [4.78, 5) is 13.4. The fourth-order valence-corrected chi connectivity index (χ4v) is 3.36. The number of hydrogen-bond donors (Lipinski definition) is 0. The number of aryl methyl sites for hydroxylation is 1. The Hall–Kier alpha value is -1.43. The predicted molar refractivity (Wildman–Crippen MR) is 72.0 cm³/mol. The molecule has 2 rings (SSSR count). The Morgan fingerprint density at radius 1 is 1.26 bits per heavy atom. The molecule has 0 N–H and O–H groups in total. The maximum absolute atomic E-state index is 13.5. The van der Waals surface area contributed by atoms with Crippen molar-refractivity contribution in [3.8, 4) is 0 Å². The highest BCUT2D eigenvalue weighted by atomic mass is 32.2. The van der Waals surface area contributed by atoms with Gasteiger partial charge in [-0.25, -0.2) is 12.8 Å². The van der Waals surface area contributed by atoms with E-state index in [4.69, 9.17) is 0 Å². The second kappa shape index (κ2) is 4.92. The number of carbonyl (C=O) groups excluding carboxylic acids is 1. The summed E-state index contributed by atoms with van der Waals surface area (Å²) in [6, 6.07) is 2.85. The number of Topliss-reactive ketones (excluding diaryl/α,β-unsaturated/α-hetero) is 1. The predicted octanol–water partition coefficient (Wildman–Crippen LogP) is 1.57. The number of sulfone groups is 1. The minimum Gasteiger partial charge on any atom is -0.369 e. The van der Waals surface area contributed by atoms with Crippen LogP contribution in [0.5, 0.6) is 0 Å². The van der Waals surface area contributed by atoms with E-state index >= 15 is 0 Å². The lowest BCUT2D eigenvalue weighted by atomic mass is 10.0. The van der Waals surface area contributed by atoms with Gasteiger partial charge in [0, 0.05) is 24.3 Å². The van der Waals surface area contributed by atoms with Crippen LogP contribution in [0.3, 0.4) is 0 Å². The fraction of sp³-hybridized carbons (Fsp3) is 0.462. The van der Waals surface area contributed by atoms with E-state index in [0.29, 0.717) is 29.9 Å². The van der Waals surface area contributed by atoms with E-state index in [0.717, 1.165) is 0 Å². The van der Waals surface area contributed by atoms with Gasteiger partial charge in [-0.3, -0.25) is 4.79 Å². The van der Waals surface area contributed by atoms with Gasteiger partial charge in [0.05, 0.1) is 11.5 Å². The van der Waals surface area contributed by atoms with Gasteiger partial charge < -0.3 is 4.90 Å². The molecule has 1 aromatic carbocycles. The summed E-state index contributed by atoms with van der Waals surface area (Å²) in [7, 11) is -2.98. The third-order valence-corrected chi connectivity index (χ3v) is 4.95. The van der Waals surface area contributed by atoms with Gasteiger partial charge >= 0.3 is 0 Å². The number of benzene rings is 1. The van der Waals surface area contributed by atoms with Crippen LogP contribution < -0.4 is 4.90 Å². The Balaban J connectivity index is 2.39. The van der Waals surface area contributed by atoms with Crippen LogP contribution in [0, 0.1) is 12.7 Å². The van der Waals surface area contributed by atoms with Crippen molar-refractivity contribution in [2.24, 2.45) is 0 Å². The number of ketones is 1. The van der Waals surface area contributed by atoms with Crippen LogP contribution in [0.2, 0.25) is 0 Å². The van der Waals surface area contributed by atoms with Gasteiger partial charge in [0.2, 0.25) is 0 Å². The largest absolute Gasteiger partial charge is 0.369 e. The van der Waals surface area contributed by atoms with E-state index < -0.39 is 15.7 Å². The second-order valence-electron chi connectivity index (χ2n) is 4.81. The van der Waals surface area contributed by atoms with Crippen LogP contribution in [-0.2, 0) is 9.84 Å². The molecule has 0 bridgehead atoms. The quantitative estimate of drug-likeness (QED) is 0.774. The maximum atomic E-state index is 13.5. The molecule has 1 aromatic rings. The summed E-state index contributed by atoms with van der Waals surface area (Å²) in [5.74, 6) is -0.498. The first-order chi connectivity index (χ1) is 8.80. The van der Waals surface area contributed by atoms with Crippen molar-refractivity contribution in [2.75, 3.05) is 29.5 Å². The SMILES string of the molecule is CC(=O)c1cc(F)c(C)cc1N1CCS(=O)(=O)CC1. The van der Waals surface area contributed by atoms with Crippen LogP contribution in [0.25, 0.3) is 0 Å². The molecule has 1 fully saturated rings. The highest BCUT2D eigenvalue weighted by Crippen LogP contribution is 2.26. The molecule has 0 aromatic heterocycles. The van der Waals surface area contributed by atoms with E-state index in [2.05, 4.69) is 0 Å². The summed E-state index contributed by atoms with van der Waals surface area (Å²) in [5.41, 5.74) is 1.39. The molecule has 0 spiro atoms. The maximum Gasteiger partial charge on any atom is 0.161 e. The van der Waals surface area contributed by atoms with Crippen molar-refractivity contribution in [2.45, 2.75) is 13.8 Å². The number of anilines is 1. The number of hydrogen-bond acceptors (Lipinski definition) is 4. The monoisotopic (exact) mass is 285 g/mol. The molecule has 0 atom stereocenters. The van der Waals surface area contributed by atoms with Gasteiger partial charge in [-0.1, -0.05) is 0 Å². The Labute approximate surface area is 112 Å². The molecule has 0 radical (unpaired) electrons. The number of rotatable bonds is 2. The Morgan fingerprint density at radius 3 is 2.37 bits per heavy atom. The minimum absolute atomic E-state index is 0.0702. The average Bonchev–Trinajstić information content (AvgIpc) is 2.32. The lowest BCUT2D eigenvalue weighted by Crippen LogP contribution is -2.41. The Kier molecular flexibility index (Phi) is 3.62. The summed E-state index contributed by atoms with van der Waals surface area (Å²) in [5, 5.41) is 0. The van der Waals surface area contributed by atoms with Crippen LogP contribution in [0.15, 0.2) is 12.1 Å². The van der Waals surface area contributed by atoms with Gasteiger partial charge in [-0.05, 0) is 31.5 Å². The van der Waals surface area contributed by atoms with Crippen molar-refractivity contribution < 1.29 is 17.6 Å². The molecule has 0 saturated carbocycles. The van der Waals surface area contributed by atoms with Crippen molar-refractivity contribution in [3.05, 3.63) is 29.1 Å². The molecule has 1 aliphatic heterocycles. The summed E-state index contributed by atoms with van der Waals surface area (Å²) >= 11 is 0. The summed E-state index contributed by atoms with van der Waals surface area (Å²) < 4.78 is 36.4. The number of nitrogens with zero attached hydrogens (tertiary/aromatic N) is 1. The molecule has 1 saturated heterocycles. The number of halogens is 1.